The first kappa shape index (κ1) is 21.9. The van der Waals surface area contributed by atoms with Crippen LogP contribution in [0.5, 0.6) is 5.75 Å². The van der Waals surface area contributed by atoms with Crippen LogP contribution in [-0.4, -0.2) is 30.9 Å². The highest BCUT2D eigenvalue weighted by Crippen LogP contribution is 2.17. The molecule has 7 heteroatoms. The highest BCUT2D eigenvalue weighted by Gasteiger charge is 2.18. The van der Waals surface area contributed by atoms with Gasteiger partial charge in [0.25, 0.3) is 0 Å². The molecule has 0 aromatic heterocycles. The van der Waals surface area contributed by atoms with Crippen molar-refractivity contribution in [3.8, 4) is 5.75 Å². The van der Waals surface area contributed by atoms with Crippen molar-refractivity contribution in [2.75, 3.05) is 6.61 Å². The third-order valence-electron chi connectivity index (χ3n) is 3.81. The molecule has 1 atom stereocenters. The Kier molecular flexibility index (Phi) is 8.69. The van der Waals surface area contributed by atoms with Gasteiger partial charge in [-0.05, 0) is 56.2 Å². The molecule has 2 aromatic rings. The first-order valence-electron chi connectivity index (χ1n) is 9.54. The van der Waals surface area contributed by atoms with Crippen LogP contribution in [-0.2, 0) is 9.53 Å². The summed E-state index contributed by atoms with van der Waals surface area (Å²) in [6.45, 7) is 5.90. The summed E-state index contributed by atoms with van der Waals surface area (Å²) in [4.78, 5) is 24.1. The highest BCUT2D eigenvalue weighted by atomic mass is 16.5. The van der Waals surface area contributed by atoms with Crippen LogP contribution in [0, 0.1) is 0 Å². The Morgan fingerprint density at radius 3 is 2.38 bits per heavy atom. The molecule has 29 heavy (non-hydrogen) atoms. The normalized spacial score (nSPS) is 11.9. The van der Waals surface area contributed by atoms with Gasteiger partial charge in [-0.3, -0.25) is 4.79 Å². The second-order valence-electron chi connectivity index (χ2n) is 6.56. The minimum absolute atomic E-state index is 0.0291. The van der Waals surface area contributed by atoms with Gasteiger partial charge in [-0.15, -0.1) is 0 Å². The fourth-order valence-electron chi connectivity index (χ4n) is 2.57. The summed E-state index contributed by atoms with van der Waals surface area (Å²) >= 11 is 0. The van der Waals surface area contributed by atoms with Crippen LogP contribution in [0.4, 0.5) is 4.79 Å². The molecule has 154 valence electrons. The first-order chi connectivity index (χ1) is 14.0. The van der Waals surface area contributed by atoms with E-state index in [1.807, 2.05) is 68.4 Å². The van der Waals surface area contributed by atoms with Gasteiger partial charge in [0.15, 0.2) is 0 Å². The largest absolute Gasteiger partial charge is 0.491 e. The van der Waals surface area contributed by atoms with E-state index >= 15 is 0 Å². The smallest absolute Gasteiger partial charge is 0.407 e. The van der Waals surface area contributed by atoms with E-state index in [0.717, 1.165) is 16.9 Å². The molecule has 0 aliphatic heterocycles. The number of nitrogens with one attached hydrogen (secondary N) is 2. The van der Waals surface area contributed by atoms with Gasteiger partial charge in [0.2, 0.25) is 5.91 Å². The van der Waals surface area contributed by atoms with Crippen molar-refractivity contribution in [2.45, 2.75) is 39.3 Å². The van der Waals surface area contributed by atoms with Crippen LogP contribution in [0.15, 0.2) is 59.7 Å². The lowest BCUT2D eigenvalue weighted by Crippen LogP contribution is -2.33. The number of hydrogen-bond acceptors (Lipinski definition) is 5. The molecule has 0 unspecified atom stereocenters. The number of nitrogens with zero attached hydrogens (tertiary/aromatic N) is 1. The van der Waals surface area contributed by atoms with E-state index in [1.165, 1.54) is 0 Å². The highest BCUT2D eigenvalue weighted by molar-refractivity contribution is 5.83. The van der Waals surface area contributed by atoms with Gasteiger partial charge < -0.3 is 14.8 Å². The van der Waals surface area contributed by atoms with Crippen LogP contribution >= 0.6 is 0 Å². The molecule has 0 aliphatic rings. The molecule has 0 saturated heterocycles. The third-order valence-corrected chi connectivity index (χ3v) is 3.81. The van der Waals surface area contributed by atoms with E-state index in [-0.39, 0.29) is 25.0 Å². The molecule has 0 fully saturated rings. The lowest BCUT2D eigenvalue weighted by Gasteiger charge is -2.18. The van der Waals surface area contributed by atoms with Gasteiger partial charge in [-0.2, -0.15) is 5.10 Å². The zero-order chi connectivity index (χ0) is 21.1. The average molecular weight is 397 g/mol. The van der Waals surface area contributed by atoms with Crippen LogP contribution in [0.3, 0.4) is 0 Å². The summed E-state index contributed by atoms with van der Waals surface area (Å²) in [5.74, 6) is 0.448. The lowest BCUT2D eigenvalue weighted by molar-refractivity contribution is -0.121. The second-order valence-corrected chi connectivity index (χ2v) is 6.56. The maximum absolute atomic E-state index is 12.3. The maximum atomic E-state index is 12.3. The number of carbonyl (C=O) groups excluding carboxylic acids is 2. The summed E-state index contributed by atoms with van der Waals surface area (Å²) in [6, 6.07) is 16.1. The number of alkyl carbamates (subject to hydrolysis) is 1. The Morgan fingerprint density at radius 1 is 1.07 bits per heavy atom. The summed E-state index contributed by atoms with van der Waals surface area (Å²) in [7, 11) is 0. The monoisotopic (exact) mass is 397 g/mol. The first-order valence-corrected chi connectivity index (χ1v) is 9.54. The third kappa shape index (κ3) is 8.04. The van der Waals surface area contributed by atoms with E-state index in [1.54, 1.807) is 13.1 Å². The van der Waals surface area contributed by atoms with Gasteiger partial charge in [-0.25, -0.2) is 10.2 Å². The Bertz CT molecular complexity index is 805. The molecule has 0 bridgehead atoms. The van der Waals surface area contributed by atoms with Crippen molar-refractivity contribution < 1.29 is 19.1 Å². The quantitative estimate of drug-likeness (QED) is 0.497. The molecule has 0 heterocycles. The fourth-order valence-corrected chi connectivity index (χ4v) is 2.57. The zero-order valence-electron chi connectivity index (χ0n) is 16.9. The molecule has 0 saturated carbocycles. The number of hydrogen-bond donors (Lipinski definition) is 2. The van der Waals surface area contributed by atoms with Crippen molar-refractivity contribution in [1.29, 1.82) is 0 Å². The standard InChI is InChI=1S/C22H27N3O4/c1-4-28-22(27)24-20(18-8-6-5-7-9-18)14-21(26)25-23-15-17-10-12-19(13-11-17)29-16(2)3/h5-13,15-16,20H,4,14H2,1-3H3,(H,24,27)(H,25,26)/b23-15-/t20-/m1/s1. The Morgan fingerprint density at radius 2 is 1.76 bits per heavy atom. The SMILES string of the molecule is CCOC(=O)N[C@H](CC(=O)N/N=C\c1ccc(OC(C)C)cc1)c1ccccc1. The summed E-state index contributed by atoms with van der Waals surface area (Å²) in [5, 5.41) is 6.69. The summed E-state index contributed by atoms with van der Waals surface area (Å²) < 4.78 is 10.5. The second kappa shape index (κ2) is 11.5. The van der Waals surface area contributed by atoms with Crippen LogP contribution in [0.2, 0.25) is 0 Å². The van der Waals surface area contributed by atoms with Crippen molar-refractivity contribution >= 4 is 18.2 Å². The zero-order valence-corrected chi connectivity index (χ0v) is 16.9. The number of benzene rings is 2. The van der Waals surface area contributed by atoms with Crippen LogP contribution in [0.1, 0.15) is 44.4 Å². The van der Waals surface area contributed by atoms with Crippen molar-refractivity contribution in [3.05, 3.63) is 65.7 Å². The van der Waals surface area contributed by atoms with Crippen molar-refractivity contribution in [2.24, 2.45) is 5.10 Å². The van der Waals surface area contributed by atoms with Crippen molar-refractivity contribution in [3.63, 3.8) is 0 Å². The average Bonchev–Trinajstić information content (AvgIpc) is 2.69. The number of amides is 2. The topological polar surface area (TPSA) is 89.0 Å². The summed E-state index contributed by atoms with van der Waals surface area (Å²) in [6.07, 6.45) is 1.12. The minimum atomic E-state index is -0.568. The number of hydrazone groups is 1. The molecule has 0 radical (unpaired) electrons. The van der Waals surface area contributed by atoms with Gasteiger partial charge in [0.1, 0.15) is 5.75 Å². The predicted molar refractivity (Wildman–Crippen MR) is 112 cm³/mol. The molecule has 2 rings (SSSR count). The Labute approximate surface area is 171 Å². The van der Waals surface area contributed by atoms with E-state index < -0.39 is 12.1 Å². The molecule has 2 amide bonds. The fraction of sp³-hybridized carbons (Fsp3) is 0.318. The molecular weight excluding hydrogens is 370 g/mol. The van der Waals surface area contributed by atoms with Crippen molar-refractivity contribution in [1.82, 2.24) is 10.7 Å². The van der Waals surface area contributed by atoms with Gasteiger partial charge in [0.05, 0.1) is 31.4 Å². The molecule has 7 nitrogen and oxygen atoms in total. The molecule has 2 N–H and O–H groups in total. The molecular formula is C22H27N3O4. The van der Waals surface area contributed by atoms with E-state index in [9.17, 15) is 9.59 Å². The molecule has 0 spiro atoms. The van der Waals surface area contributed by atoms with E-state index in [4.69, 9.17) is 9.47 Å². The lowest BCUT2D eigenvalue weighted by atomic mass is 10.0. The van der Waals surface area contributed by atoms with Gasteiger partial charge in [0, 0.05) is 0 Å². The molecule has 2 aromatic carbocycles. The predicted octanol–water partition coefficient (Wildman–Crippen LogP) is 3.80. The van der Waals surface area contributed by atoms with E-state index in [0.29, 0.717) is 0 Å². The van der Waals surface area contributed by atoms with Gasteiger partial charge in [-0.1, -0.05) is 30.3 Å². The minimum Gasteiger partial charge on any atom is -0.491 e. The maximum Gasteiger partial charge on any atom is 0.407 e. The molecule has 0 aliphatic carbocycles. The number of ether oxygens (including phenoxy) is 2. The van der Waals surface area contributed by atoms with E-state index in [2.05, 4.69) is 15.8 Å². The Hall–Kier alpha value is -3.35. The van der Waals surface area contributed by atoms with Crippen LogP contribution in [0.25, 0.3) is 0 Å². The van der Waals surface area contributed by atoms with Crippen LogP contribution < -0.4 is 15.5 Å². The van der Waals surface area contributed by atoms with Gasteiger partial charge >= 0.3 is 6.09 Å². The Balaban J connectivity index is 1.93. The summed E-state index contributed by atoms with van der Waals surface area (Å²) in [5.41, 5.74) is 4.12. The number of carbonyl (C=O) groups is 2. The number of rotatable bonds is 9.